The quantitative estimate of drug-likeness (QED) is 0.133. The Morgan fingerprint density at radius 3 is 2.07 bits per heavy atom. The molecular weight excluding hydrogens is 561 g/mol. The Hall–Kier alpha value is -3.07. The van der Waals surface area contributed by atoms with Gasteiger partial charge in [-0.3, -0.25) is 0 Å². The zero-order valence-electron chi connectivity index (χ0n) is 27.4. The number of benzene rings is 3. The van der Waals surface area contributed by atoms with E-state index in [1.165, 1.54) is 56.9 Å². The van der Waals surface area contributed by atoms with Crippen molar-refractivity contribution in [3.8, 4) is 22.3 Å². The minimum Gasteiger partial charge on any atom is -0.206 e. The van der Waals surface area contributed by atoms with Crippen LogP contribution in [0.25, 0.3) is 27.8 Å². The molecule has 0 aliphatic heterocycles. The van der Waals surface area contributed by atoms with Crippen molar-refractivity contribution in [2.75, 3.05) is 0 Å². The molecule has 0 bridgehead atoms. The van der Waals surface area contributed by atoms with Gasteiger partial charge in [0.1, 0.15) is 5.82 Å². The maximum absolute atomic E-state index is 15.4. The number of rotatable bonds is 13. The molecule has 240 valence electrons. The number of hydrogen-bond acceptors (Lipinski definition) is 0. The van der Waals surface area contributed by atoms with Crippen molar-refractivity contribution < 1.29 is 13.2 Å². The molecule has 5 rings (SSSR count). The van der Waals surface area contributed by atoms with Crippen LogP contribution in [0, 0.1) is 35.2 Å². The highest BCUT2D eigenvalue weighted by Crippen LogP contribution is 2.42. The van der Waals surface area contributed by atoms with Gasteiger partial charge in [-0.2, -0.15) is 0 Å². The molecule has 45 heavy (non-hydrogen) atoms. The van der Waals surface area contributed by atoms with E-state index in [-0.39, 0.29) is 11.4 Å². The maximum Gasteiger partial charge on any atom is 0.166 e. The highest BCUT2D eigenvalue weighted by Gasteiger charge is 2.28. The second-order valence-corrected chi connectivity index (χ2v) is 13.5. The number of aryl methyl sites for hydroxylation is 1. The van der Waals surface area contributed by atoms with Gasteiger partial charge in [0.2, 0.25) is 0 Å². The Morgan fingerprint density at radius 1 is 0.711 bits per heavy atom. The monoisotopic (exact) mass is 612 g/mol. The first-order valence-corrected chi connectivity index (χ1v) is 17.7. The van der Waals surface area contributed by atoms with Gasteiger partial charge in [0.15, 0.2) is 11.6 Å². The molecule has 0 nitrogen and oxygen atoms in total. The van der Waals surface area contributed by atoms with Gasteiger partial charge in [-0.1, -0.05) is 112 Å². The molecule has 0 saturated heterocycles. The molecule has 3 aromatic rings. The minimum atomic E-state index is -0.805. The number of allylic oxidation sites excluding steroid dienone is 4. The van der Waals surface area contributed by atoms with Gasteiger partial charge < -0.3 is 0 Å². The molecule has 0 spiro atoms. The Kier molecular flexibility index (Phi) is 12.2. The van der Waals surface area contributed by atoms with E-state index in [9.17, 15) is 4.39 Å². The summed E-state index contributed by atoms with van der Waals surface area (Å²) >= 11 is 0. The van der Waals surface area contributed by atoms with Gasteiger partial charge in [-0.25, -0.2) is 13.2 Å². The second kappa shape index (κ2) is 16.5. The fourth-order valence-electron chi connectivity index (χ4n) is 7.69. The zero-order chi connectivity index (χ0) is 31.6. The fourth-order valence-corrected chi connectivity index (χ4v) is 7.69. The lowest BCUT2D eigenvalue weighted by Gasteiger charge is -2.35. The first-order chi connectivity index (χ1) is 22.0. The average Bonchev–Trinajstić information content (AvgIpc) is 3.07. The third kappa shape index (κ3) is 8.60. The summed E-state index contributed by atoms with van der Waals surface area (Å²) in [6.45, 7) is 4.27. The summed E-state index contributed by atoms with van der Waals surface area (Å²) in [6.07, 6.45) is 24.1. The molecule has 1 fully saturated rings. The fraction of sp³-hybridized carbons (Fsp3) is 0.476. The van der Waals surface area contributed by atoms with Gasteiger partial charge in [-0.15, -0.1) is 0 Å². The number of unbranched alkanes of at least 4 members (excludes halogenated alkanes) is 4. The molecule has 3 aromatic carbocycles. The summed E-state index contributed by atoms with van der Waals surface area (Å²) in [6, 6.07) is 16.0. The predicted octanol–water partition coefficient (Wildman–Crippen LogP) is 13.3. The van der Waals surface area contributed by atoms with Crippen molar-refractivity contribution in [1.82, 2.24) is 0 Å². The van der Waals surface area contributed by atoms with Crippen molar-refractivity contribution in [3.63, 3.8) is 0 Å². The topological polar surface area (TPSA) is 0 Å². The lowest BCUT2D eigenvalue weighted by molar-refractivity contribution is 0.190. The Balaban J connectivity index is 1.18. The van der Waals surface area contributed by atoms with Crippen LogP contribution in [0.2, 0.25) is 0 Å². The highest BCUT2D eigenvalue weighted by molar-refractivity contribution is 5.74. The summed E-state index contributed by atoms with van der Waals surface area (Å²) in [5.41, 5.74) is 4.75. The standard InChI is InChI=1S/C42H51F3/c1-3-5-7-8-10-12-36-25-28-39(42(45)41(36)44)35-23-21-34(22-24-35)38-27-26-37(29-40(38)43)33-19-17-32(18-20-33)31-15-13-30(14-16-31)11-9-6-4-2/h4,6,19,21-32H,3,5,7-18,20H2,1-2H3. The van der Waals surface area contributed by atoms with Gasteiger partial charge in [0.25, 0.3) is 0 Å². The normalized spacial score (nSPS) is 20.5. The first-order valence-electron chi connectivity index (χ1n) is 17.7. The van der Waals surface area contributed by atoms with Gasteiger partial charge in [-0.05, 0) is 116 Å². The molecule has 0 heterocycles. The van der Waals surface area contributed by atoms with Crippen molar-refractivity contribution in [2.45, 2.75) is 110 Å². The summed E-state index contributed by atoms with van der Waals surface area (Å²) in [5.74, 6) is 0.694. The average molecular weight is 613 g/mol. The second-order valence-electron chi connectivity index (χ2n) is 13.5. The zero-order valence-corrected chi connectivity index (χ0v) is 27.4. The van der Waals surface area contributed by atoms with Crippen LogP contribution in [-0.4, -0.2) is 0 Å². The summed E-state index contributed by atoms with van der Waals surface area (Å²) in [5, 5.41) is 0. The molecule has 2 aliphatic carbocycles. The molecule has 0 amide bonds. The van der Waals surface area contributed by atoms with Crippen LogP contribution in [0.3, 0.4) is 0 Å². The predicted molar refractivity (Wildman–Crippen MR) is 184 cm³/mol. The van der Waals surface area contributed by atoms with Crippen LogP contribution < -0.4 is 0 Å². The summed E-state index contributed by atoms with van der Waals surface area (Å²) in [4.78, 5) is 0. The maximum atomic E-state index is 15.4. The molecule has 1 atom stereocenters. The van der Waals surface area contributed by atoms with Crippen LogP contribution >= 0.6 is 0 Å². The summed E-state index contributed by atoms with van der Waals surface area (Å²) < 4.78 is 45.3. The minimum absolute atomic E-state index is 0.240. The van der Waals surface area contributed by atoms with E-state index < -0.39 is 11.6 Å². The lowest BCUT2D eigenvalue weighted by atomic mass is 9.70. The van der Waals surface area contributed by atoms with Crippen LogP contribution in [-0.2, 0) is 6.42 Å². The van der Waals surface area contributed by atoms with Gasteiger partial charge >= 0.3 is 0 Å². The van der Waals surface area contributed by atoms with E-state index in [0.717, 1.165) is 67.4 Å². The summed E-state index contributed by atoms with van der Waals surface area (Å²) in [7, 11) is 0. The van der Waals surface area contributed by atoms with Crippen molar-refractivity contribution in [3.05, 3.63) is 101 Å². The van der Waals surface area contributed by atoms with E-state index in [0.29, 0.717) is 23.1 Å². The molecule has 0 radical (unpaired) electrons. The molecule has 2 aliphatic rings. The molecule has 0 N–H and O–H groups in total. The van der Waals surface area contributed by atoms with Crippen LogP contribution in [0.5, 0.6) is 0 Å². The Bertz CT molecular complexity index is 1440. The van der Waals surface area contributed by atoms with E-state index in [1.807, 2.05) is 12.1 Å². The largest absolute Gasteiger partial charge is 0.206 e. The van der Waals surface area contributed by atoms with Crippen molar-refractivity contribution in [1.29, 1.82) is 0 Å². The molecule has 1 unspecified atom stereocenters. The van der Waals surface area contributed by atoms with E-state index >= 15 is 8.78 Å². The van der Waals surface area contributed by atoms with Crippen molar-refractivity contribution in [2.24, 2.45) is 17.8 Å². The Labute approximate surface area is 269 Å². The molecular formula is C42H51F3. The van der Waals surface area contributed by atoms with Gasteiger partial charge in [0, 0.05) is 11.1 Å². The third-order valence-corrected chi connectivity index (χ3v) is 10.5. The smallest absolute Gasteiger partial charge is 0.166 e. The van der Waals surface area contributed by atoms with Crippen LogP contribution in [0.1, 0.15) is 115 Å². The van der Waals surface area contributed by atoms with Crippen LogP contribution in [0.4, 0.5) is 13.2 Å². The molecule has 1 saturated carbocycles. The first kappa shape index (κ1) is 33.3. The van der Waals surface area contributed by atoms with Crippen molar-refractivity contribution >= 4 is 5.57 Å². The number of halogens is 3. The molecule has 3 heteroatoms. The third-order valence-electron chi connectivity index (χ3n) is 10.5. The van der Waals surface area contributed by atoms with E-state index in [2.05, 4.69) is 32.1 Å². The van der Waals surface area contributed by atoms with Crippen LogP contribution in [0.15, 0.2) is 72.8 Å². The Morgan fingerprint density at radius 2 is 1.40 bits per heavy atom. The van der Waals surface area contributed by atoms with Gasteiger partial charge in [0.05, 0.1) is 0 Å². The lowest BCUT2D eigenvalue weighted by Crippen LogP contribution is -2.23. The van der Waals surface area contributed by atoms with E-state index in [4.69, 9.17) is 0 Å². The molecule has 0 aromatic heterocycles. The van der Waals surface area contributed by atoms with E-state index in [1.54, 1.807) is 42.5 Å². The highest BCUT2D eigenvalue weighted by atomic mass is 19.2. The number of hydrogen-bond donors (Lipinski definition) is 0. The SMILES string of the molecule is CC=CCCC1CCC(C2CC=C(c3ccc(-c4ccc(-c5ccc(CCCCCCC)c(F)c5F)cc4)c(F)c3)CC2)CC1.